The molecule has 0 fully saturated rings. The van der Waals surface area contributed by atoms with Crippen molar-refractivity contribution >= 4 is 0 Å². The monoisotopic (exact) mass is 126 g/mol. The van der Waals surface area contributed by atoms with Crippen molar-refractivity contribution in [1.29, 1.82) is 0 Å². The minimum absolute atomic E-state index is 0.230. The molecule has 0 radical (unpaired) electrons. The summed E-state index contributed by atoms with van der Waals surface area (Å²) in [6, 6.07) is 0. The van der Waals surface area contributed by atoms with Gasteiger partial charge in [0.2, 0.25) is 0 Å². The quantitative estimate of drug-likeness (QED) is 0.530. The first-order chi connectivity index (χ1) is 3.98. The third-order valence-electron chi connectivity index (χ3n) is 2.37. The van der Waals surface area contributed by atoms with Crippen LogP contribution in [0, 0.1) is 5.41 Å². The van der Waals surface area contributed by atoms with Crippen LogP contribution in [0.3, 0.4) is 0 Å². The van der Waals surface area contributed by atoms with E-state index in [1.807, 2.05) is 6.92 Å². The van der Waals surface area contributed by atoms with Gasteiger partial charge in [0.25, 0.3) is 0 Å². The third kappa shape index (κ3) is 0.799. The SMILES string of the molecule is CC1=C(C(C)O)C1(C)C. The molecular weight excluding hydrogens is 112 g/mol. The van der Waals surface area contributed by atoms with Crippen LogP contribution < -0.4 is 0 Å². The van der Waals surface area contributed by atoms with Gasteiger partial charge in [-0.15, -0.1) is 0 Å². The number of hydrogen-bond donors (Lipinski definition) is 1. The van der Waals surface area contributed by atoms with E-state index in [0.29, 0.717) is 0 Å². The van der Waals surface area contributed by atoms with E-state index in [9.17, 15) is 0 Å². The Morgan fingerprint density at radius 3 is 1.78 bits per heavy atom. The Morgan fingerprint density at radius 1 is 1.44 bits per heavy atom. The van der Waals surface area contributed by atoms with Crippen LogP contribution in [0.15, 0.2) is 11.1 Å². The van der Waals surface area contributed by atoms with Gasteiger partial charge in [-0.2, -0.15) is 0 Å². The summed E-state index contributed by atoms with van der Waals surface area (Å²) in [5.74, 6) is 0. The number of aliphatic hydroxyl groups excluding tert-OH is 1. The molecule has 1 nitrogen and oxygen atoms in total. The Morgan fingerprint density at radius 2 is 1.78 bits per heavy atom. The van der Waals surface area contributed by atoms with E-state index in [1.54, 1.807) is 0 Å². The van der Waals surface area contributed by atoms with Crippen molar-refractivity contribution in [2.45, 2.75) is 33.8 Å². The van der Waals surface area contributed by atoms with Crippen molar-refractivity contribution < 1.29 is 5.11 Å². The fourth-order valence-electron chi connectivity index (χ4n) is 1.53. The van der Waals surface area contributed by atoms with Crippen molar-refractivity contribution in [3.8, 4) is 0 Å². The van der Waals surface area contributed by atoms with E-state index in [-0.39, 0.29) is 11.5 Å². The van der Waals surface area contributed by atoms with Crippen LogP contribution >= 0.6 is 0 Å². The van der Waals surface area contributed by atoms with E-state index in [1.165, 1.54) is 11.1 Å². The van der Waals surface area contributed by atoms with Crippen LogP contribution in [-0.2, 0) is 0 Å². The van der Waals surface area contributed by atoms with Gasteiger partial charge in [0.1, 0.15) is 0 Å². The highest BCUT2D eigenvalue weighted by Crippen LogP contribution is 2.52. The average Bonchev–Trinajstić information content (AvgIpc) is 2.07. The summed E-state index contributed by atoms with van der Waals surface area (Å²) in [6.45, 7) is 8.20. The molecule has 1 N–H and O–H groups in total. The molecule has 9 heavy (non-hydrogen) atoms. The van der Waals surface area contributed by atoms with E-state index in [2.05, 4.69) is 20.8 Å². The Balaban J connectivity index is 2.68. The van der Waals surface area contributed by atoms with E-state index >= 15 is 0 Å². The molecule has 0 bridgehead atoms. The fourth-order valence-corrected chi connectivity index (χ4v) is 1.53. The molecule has 0 heterocycles. The first-order valence-electron chi connectivity index (χ1n) is 3.37. The molecule has 0 spiro atoms. The molecule has 0 aromatic heterocycles. The molecule has 1 unspecified atom stereocenters. The summed E-state index contributed by atoms with van der Waals surface area (Å²) in [5.41, 5.74) is 2.81. The van der Waals surface area contributed by atoms with Crippen molar-refractivity contribution in [3.05, 3.63) is 11.1 Å². The highest BCUT2D eigenvalue weighted by atomic mass is 16.3. The molecular formula is C8H14O. The van der Waals surface area contributed by atoms with Gasteiger partial charge >= 0.3 is 0 Å². The van der Waals surface area contributed by atoms with Crippen LogP contribution in [-0.4, -0.2) is 11.2 Å². The lowest BCUT2D eigenvalue weighted by atomic mass is 10.0. The second-order valence-electron chi connectivity index (χ2n) is 3.34. The summed E-state index contributed by atoms with van der Waals surface area (Å²) in [7, 11) is 0. The highest BCUT2D eigenvalue weighted by molar-refractivity contribution is 5.47. The predicted molar refractivity (Wildman–Crippen MR) is 38.2 cm³/mol. The van der Waals surface area contributed by atoms with Gasteiger partial charge in [0.15, 0.2) is 0 Å². The van der Waals surface area contributed by atoms with Gasteiger partial charge in [0, 0.05) is 5.41 Å². The lowest BCUT2D eigenvalue weighted by Crippen LogP contribution is -2.03. The maximum Gasteiger partial charge on any atom is 0.0733 e. The Kier molecular flexibility index (Phi) is 1.21. The Labute approximate surface area is 56.4 Å². The standard InChI is InChI=1S/C8H14O/c1-5-7(6(2)9)8(5,3)4/h6,9H,1-4H3. The lowest BCUT2D eigenvalue weighted by molar-refractivity contribution is 0.226. The van der Waals surface area contributed by atoms with Gasteiger partial charge in [-0.1, -0.05) is 19.4 Å². The number of hydrogen-bond acceptors (Lipinski definition) is 1. The number of aliphatic hydroxyl groups is 1. The molecule has 0 aliphatic heterocycles. The molecule has 1 rings (SSSR count). The number of rotatable bonds is 1. The van der Waals surface area contributed by atoms with Crippen LogP contribution in [0.25, 0.3) is 0 Å². The first-order valence-corrected chi connectivity index (χ1v) is 3.37. The van der Waals surface area contributed by atoms with E-state index in [0.717, 1.165) is 0 Å². The predicted octanol–water partition coefficient (Wildman–Crippen LogP) is 1.72. The molecule has 0 amide bonds. The normalized spacial score (nSPS) is 26.3. The van der Waals surface area contributed by atoms with Gasteiger partial charge < -0.3 is 5.11 Å². The summed E-state index contributed by atoms with van der Waals surface area (Å²) < 4.78 is 0. The molecule has 52 valence electrons. The smallest absolute Gasteiger partial charge is 0.0733 e. The summed E-state index contributed by atoms with van der Waals surface area (Å²) in [6.07, 6.45) is -0.236. The minimum atomic E-state index is -0.236. The van der Waals surface area contributed by atoms with Gasteiger partial charge in [-0.3, -0.25) is 0 Å². The zero-order valence-corrected chi connectivity index (χ0v) is 6.52. The van der Waals surface area contributed by atoms with Crippen molar-refractivity contribution in [3.63, 3.8) is 0 Å². The van der Waals surface area contributed by atoms with Gasteiger partial charge in [0.05, 0.1) is 6.10 Å². The molecule has 0 aromatic carbocycles. The van der Waals surface area contributed by atoms with E-state index < -0.39 is 0 Å². The van der Waals surface area contributed by atoms with Crippen LogP contribution in [0.2, 0.25) is 0 Å². The molecule has 1 heteroatoms. The largest absolute Gasteiger partial charge is 0.389 e. The van der Waals surface area contributed by atoms with Crippen LogP contribution in [0.1, 0.15) is 27.7 Å². The van der Waals surface area contributed by atoms with E-state index in [4.69, 9.17) is 5.11 Å². The summed E-state index contributed by atoms with van der Waals surface area (Å²) in [5, 5.41) is 9.14. The van der Waals surface area contributed by atoms with Gasteiger partial charge in [-0.05, 0) is 19.4 Å². The van der Waals surface area contributed by atoms with Crippen LogP contribution in [0.5, 0.6) is 0 Å². The zero-order chi connectivity index (χ0) is 7.23. The summed E-state index contributed by atoms with van der Waals surface area (Å²) in [4.78, 5) is 0. The summed E-state index contributed by atoms with van der Waals surface area (Å²) >= 11 is 0. The Bertz CT molecular complexity index is 163. The Hall–Kier alpha value is -0.300. The molecule has 1 aliphatic carbocycles. The second-order valence-corrected chi connectivity index (χ2v) is 3.34. The first kappa shape index (κ1) is 6.81. The highest BCUT2D eigenvalue weighted by Gasteiger charge is 2.43. The zero-order valence-electron chi connectivity index (χ0n) is 6.52. The fraction of sp³-hybridized carbons (Fsp3) is 0.750. The van der Waals surface area contributed by atoms with Crippen molar-refractivity contribution in [2.24, 2.45) is 5.41 Å². The van der Waals surface area contributed by atoms with Gasteiger partial charge in [-0.25, -0.2) is 0 Å². The molecule has 1 atom stereocenters. The molecule has 0 saturated carbocycles. The minimum Gasteiger partial charge on any atom is -0.389 e. The maximum absolute atomic E-state index is 9.14. The third-order valence-corrected chi connectivity index (χ3v) is 2.37. The molecule has 0 aromatic rings. The lowest BCUT2D eigenvalue weighted by Gasteiger charge is -2.05. The number of allylic oxidation sites excluding steroid dienone is 1. The van der Waals surface area contributed by atoms with Crippen molar-refractivity contribution in [1.82, 2.24) is 0 Å². The topological polar surface area (TPSA) is 20.2 Å². The second kappa shape index (κ2) is 1.60. The molecule has 0 saturated heterocycles. The average molecular weight is 126 g/mol. The van der Waals surface area contributed by atoms with Crippen LogP contribution in [0.4, 0.5) is 0 Å². The maximum atomic E-state index is 9.14. The van der Waals surface area contributed by atoms with Crippen molar-refractivity contribution in [2.75, 3.05) is 0 Å². The molecule has 1 aliphatic rings.